The molecule has 0 aliphatic heterocycles. The molecule has 1 aromatic carbocycles. The molecule has 2 aromatic rings. The monoisotopic (exact) mass is 287 g/mol. The highest BCUT2D eigenvalue weighted by molar-refractivity contribution is 6.29. The van der Waals surface area contributed by atoms with Gasteiger partial charge in [0.15, 0.2) is 5.82 Å². The van der Waals surface area contributed by atoms with Crippen LogP contribution in [0.1, 0.15) is 26.2 Å². The van der Waals surface area contributed by atoms with Crippen molar-refractivity contribution in [2.24, 2.45) is 0 Å². The van der Waals surface area contributed by atoms with Crippen molar-refractivity contribution in [3.05, 3.63) is 41.6 Å². The van der Waals surface area contributed by atoms with Crippen molar-refractivity contribution in [1.82, 2.24) is 9.97 Å². The summed E-state index contributed by atoms with van der Waals surface area (Å²) in [6.07, 6.45) is 3.61. The van der Waals surface area contributed by atoms with Crippen molar-refractivity contribution in [1.29, 1.82) is 0 Å². The Morgan fingerprint density at radius 1 is 1.20 bits per heavy atom. The van der Waals surface area contributed by atoms with Gasteiger partial charge in [-0.05, 0) is 19.3 Å². The van der Waals surface area contributed by atoms with Crippen molar-refractivity contribution in [3.8, 4) is 11.4 Å². The van der Waals surface area contributed by atoms with E-state index in [9.17, 15) is 0 Å². The second-order valence-electron chi connectivity index (χ2n) is 5.16. The number of hydrogen-bond acceptors (Lipinski definition) is 3. The Morgan fingerprint density at radius 3 is 2.60 bits per heavy atom. The zero-order chi connectivity index (χ0) is 13.9. The van der Waals surface area contributed by atoms with Crippen molar-refractivity contribution in [3.63, 3.8) is 0 Å². The number of rotatable bonds is 5. The van der Waals surface area contributed by atoms with Crippen molar-refractivity contribution in [2.75, 3.05) is 11.4 Å². The first-order valence-electron chi connectivity index (χ1n) is 7.14. The number of hydrogen-bond donors (Lipinski definition) is 0. The van der Waals surface area contributed by atoms with Crippen LogP contribution in [0.3, 0.4) is 0 Å². The molecule has 3 nitrogen and oxygen atoms in total. The van der Waals surface area contributed by atoms with E-state index in [0.717, 1.165) is 24.3 Å². The first-order chi connectivity index (χ1) is 9.78. The van der Waals surface area contributed by atoms with Gasteiger partial charge in [-0.2, -0.15) is 0 Å². The zero-order valence-corrected chi connectivity index (χ0v) is 12.3. The van der Waals surface area contributed by atoms with Gasteiger partial charge in [0.1, 0.15) is 11.0 Å². The lowest BCUT2D eigenvalue weighted by Gasteiger charge is -2.23. The van der Waals surface area contributed by atoms with Crippen LogP contribution in [-0.2, 0) is 0 Å². The molecule has 0 atom stereocenters. The molecule has 1 aliphatic carbocycles. The summed E-state index contributed by atoms with van der Waals surface area (Å²) in [4.78, 5) is 11.4. The van der Waals surface area contributed by atoms with E-state index < -0.39 is 0 Å². The first-order valence-corrected chi connectivity index (χ1v) is 7.52. The number of benzene rings is 1. The third-order valence-electron chi connectivity index (χ3n) is 3.46. The van der Waals surface area contributed by atoms with E-state index in [0.29, 0.717) is 17.0 Å². The SMILES string of the molecule is CCCN(c1cc(Cl)nc(-c2ccccc2)n1)C1CC1. The molecule has 0 radical (unpaired) electrons. The molecule has 0 spiro atoms. The molecule has 1 aromatic heterocycles. The van der Waals surface area contributed by atoms with Gasteiger partial charge in [-0.15, -0.1) is 0 Å². The van der Waals surface area contributed by atoms with Gasteiger partial charge in [-0.25, -0.2) is 9.97 Å². The average Bonchev–Trinajstić information content (AvgIpc) is 3.29. The quantitative estimate of drug-likeness (QED) is 0.773. The minimum absolute atomic E-state index is 0.510. The van der Waals surface area contributed by atoms with Crippen molar-refractivity contribution >= 4 is 17.4 Å². The van der Waals surface area contributed by atoms with E-state index in [4.69, 9.17) is 16.6 Å². The molecule has 1 heterocycles. The molecule has 0 N–H and O–H groups in total. The average molecular weight is 288 g/mol. The number of aromatic nitrogens is 2. The normalized spacial score (nSPS) is 14.3. The van der Waals surface area contributed by atoms with Gasteiger partial charge in [0.05, 0.1) is 0 Å². The van der Waals surface area contributed by atoms with Crippen LogP contribution in [0, 0.1) is 0 Å². The minimum Gasteiger partial charge on any atom is -0.353 e. The lowest BCUT2D eigenvalue weighted by atomic mass is 10.2. The molecular weight excluding hydrogens is 270 g/mol. The predicted octanol–water partition coefficient (Wildman–Crippen LogP) is 4.18. The molecular formula is C16H18ClN3. The van der Waals surface area contributed by atoms with Gasteiger partial charge in [-0.1, -0.05) is 48.9 Å². The van der Waals surface area contributed by atoms with Crippen LogP contribution in [0.5, 0.6) is 0 Å². The molecule has 0 unspecified atom stereocenters. The number of halogens is 1. The summed E-state index contributed by atoms with van der Waals surface area (Å²) in [5.74, 6) is 1.66. The summed E-state index contributed by atoms with van der Waals surface area (Å²) in [6, 6.07) is 12.5. The third-order valence-corrected chi connectivity index (χ3v) is 3.65. The molecule has 4 heteroatoms. The topological polar surface area (TPSA) is 29.0 Å². The van der Waals surface area contributed by atoms with Crippen LogP contribution >= 0.6 is 11.6 Å². The van der Waals surface area contributed by atoms with Crippen LogP contribution in [0.15, 0.2) is 36.4 Å². The molecule has 1 aliphatic rings. The van der Waals surface area contributed by atoms with Gasteiger partial charge in [-0.3, -0.25) is 0 Å². The molecule has 20 heavy (non-hydrogen) atoms. The van der Waals surface area contributed by atoms with E-state index in [2.05, 4.69) is 16.8 Å². The van der Waals surface area contributed by atoms with Crippen LogP contribution in [0.4, 0.5) is 5.82 Å². The summed E-state index contributed by atoms with van der Waals surface area (Å²) in [5, 5.41) is 0.510. The molecule has 0 saturated heterocycles. The Labute approximate surface area is 124 Å². The summed E-state index contributed by atoms with van der Waals surface area (Å²) in [6.45, 7) is 3.21. The highest BCUT2D eigenvalue weighted by atomic mass is 35.5. The Bertz CT molecular complexity index is 582. The molecule has 0 bridgehead atoms. The first kappa shape index (κ1) is 13.4. The Kier molecular flexibility index (Phi) is 3.88. The number of nitrogens with zero attached hydrogens (tertiary/aromatic N) is 3. The van der Waals surface area contributed by atoms with E-state index >= 15 is 0 Å². The fraction of sp³-hybridized carbons (Fsp3) is 0.375. The molecule has 3 rings (SSSR count). The fourth-order valence-corrected chi connectivity index (χ4v) is 2.56. The highest BCUT2D eigenvalue weighted by Gasteiger charge is 2.29. The van der Waals surface area contributed by atoms with E-state index in [1.807, 2.05) is 36.4 Å². The summed E-state index contributed by atoms with van der Waals surface area (Å²) >= 11 is 6.19. The maximum atomic E-state index is 6.19. The smallest absolute Gasteiger partial charge is 0.163 e. The lowest BCUT2D eigenvalue weighted by Crippen LogP contribution is -2.27. The maximum Gasteiger partial charge on any atom is 0.163 e. The van der Waals surface area contributed by atoms with Gasteiger partial charge < -0.3 is 4.90 Å². The van der Waals surface area contributed by atoms with E-state index in [1.54, 1.807) is 0 Å². The van der Waals surface area contributed by atoms with Crippen molar-refractivity contribution < 1.29 is 0 Å². The summed E-state index contributed by atoms with van der Waals surface area (Å²) < 4.78 is 0. The predicted molar refractivity (Wildman–Crippen MR) is 83.1 cm³/mol. The van der Waals surface area contributed by atoms with Crippen LogP contribution in [-0.4, -0.2) is 22.6 Å². The van der Waals surface area contributed by atoms with Gasteiger partial charge in [0.25, 0.3) is 0 Å². The highest BCUT2D eigenvalue weighted by Crippen LogP contribution is 2.32. The Morgan fingerprint density at radius 2 is 1.95 bits per heavy atom. The van der Waals surface area contributed by atoms with Gasteiger partial charge >= 0.3 is 0 Å². The standard InChI is InChI=1S/C16H18ClN3/c1-2-10-20(13-8-9-13)15-11-14(17)18-16(19-15)12-6-4-3-5-7-12/h3-7,11,13H,2,8-10H2,1H3. The minimum atomic E-state index is 0.510. The van der Waals surface area contributed by atoms with Crippen LogP contribution < -0.4 is 4.90 Å². The summed E-state index contributed by atoms with van der Waals surface area (Å²) in [5.41, 5.74) is 1.00. The molecule has 1 saturated carbocycles. The second kappa shape index (κ2) is 5.80. The summed E-state index contributed by atoms with van der Waals surface area (Å²) in [7, 11) is 0. The van der Waals surface area contributed by atoms with Crippen molar-refractivity contribution in [2.45, 2.75) is 32.2 Å². The Balaban J connectivity index is 1.97. The fourth-order valence-electron chi connectivity index (χ4n) is 2.38. The van der Waals surface area contributed by atoms with E-state index in [-0.39, 0.29) is 0 Å². The lowest BCUT2D eigenvalue weighted by molar-refractivity contribution is 0.749. The molecule has 0 amide bonds. The van der Waals surface area contributed by atoms with Gasteiger partial charge in [0.2, 0.25) is 0 Å². The van der Waals surface area contributed by atoms with E-state index in [1.165, 1.54) is 12.8 Å². The largest absolute Gasteiger partial charge is 0.353 e. The zero-order valence-electron chi connectivity index (χ0n) is 11.6. The molecule has 1 fully saturated rings. The number of anilines is 1. The van der Waals surface area contributed by atoms with Gasteiger partial charge in [0, 0.05) is 24.2 Å². The maximum absolute atomic E-state index is 6.19. The molecule has 104 valence electrons. The Hall–Kier alpha value is -1.61. The third kappa shape index (κ3) is 2.93. The van der Waals surface area contributed by atoms with Crippen LogP contribution in [0.2, 0.25) is 5.15 Å². The second-order valence-corrected chi connectivity index (χ2v) is 5.55. The van der Waals surface area contributed by atoms with Crippen LogP contribution in [0.25, 0.3) is 11.4 Å².